The summed E-state index contributed by atoms with van der Waals surface area (Å²) in [5, 5.41) is 23.5. The zero-order valence-electron chi connectivity index (χ0n) is 18.1. The Hall–Kier alpha value is -3.82. The standard InChI is InChI=1S/C24H20ClN5O3S/c1-33-21-13-16(7-12-20(21)31)14-26-27-22(32)15-34-24-29-28-23(17-8-10-18(25)11-9-17)30(24)19-5-3-2-4-6-19/h2-14,31H,15H2,1H3,(H,27,32)/b26-14-. The first-order chi connectivity index (χ1) is 16.5. The molecule has 0 spiro atoms. The topological polar surface area (TPSA) is 102 Å². The Labute approximate surface area is 205 Å². The van der Waals surface area contributed by atoms with Crippen LogP contribution in [0.15, 0.2) is 83.1 Å². The first kappa shape index (κ1) is 23.3. The maximum absolute atomic E-state index is 12.4. The van der Waals surface area contributed by atoms with Crippen LogP contribution >= 0.6 is 23.4 Å². The van der Waals surface area contributed by atoms with Crippen molar-refractivity contribution in [3.8, 4) is 28.6 Å². The number of nitrogens with one attached hydrogen (secondary N) is 1. The van der Waals surface area contributed by atoms with Crippen LogP contribution in [0.3, 0.4) is 0 Å². The zero-order valence-corrected chi connectivity index (χ0v) is 19.6. The van der Waals surface area contributed by atoms with Crippen LogP contribution < -0.4 is 10.2 Å². The Morgan fingerprint density at radius 3 is 2.65 bits per heavy atom. The largest absolute Gasteiger partial charge is 0.504 e. The molecule has 1 aromatic heterocycles. The molecule has 0 saturated heterocycles. The number of nitrogens with zero attached hydrogens (tertiary/aromatic N) is 4. The predicted octanol–water partition coefficient (Wildman–Crippen LogP) is 4.54. The van der Waals surface area contributed by atoms with Crippen LogP contribution in [-0.4, -0.2) is 44.9 Å². The van der Waals surface area contributed by atoms with Crippen molar-refractivity contribution in [2.75, 3.05) is 12.9 Å². The fraction of sp³-hybridized carbons (Fsp3) is 0.0833. The number of phenols is 1. The lowest BCUT2D eigenvalue weighted by Crippen LogP contribution is -2.20. The number of aromatic hydroxyl groups is 1. The lowest BCUT2D eigenvalue weighted by molar-refractivity contribution is -0.118. The van der Waals surface area contributed by atoms with Gasteiger partial charge in [0.25, 0.3) is 5.91 Å². The third-order valence-electron chi connectivity index (χ3n) is 4.69. The van der Waals surface area contributed by atoms with Gasteiger partial charge in [-0.1, -0.05) is 41.6 Å². The second-order valence-corrected chi connectivity index (χ2v) is 8.38. The predicted molar refractivity (Wildman–Crippen MR) is 133 cm³/mol. The fourth-order valence-corrected chi connectivity index (χ4v) is 3.95. The summed E-state index contributed by atoms with van der Waals surface area (Å²) in [6.07, 6.45) is 1.47. The van der Waals surface area contributed by atoms with Crippen molar-refractivity contribution < 1.29 is 14.6 Å². The van der Waals surface area contributed by atoms with Gasteiger partial charge in [0.2, 0.25) is 0 Å². The van der Waals surface area contributed by atoms with Crippen molar-refractivity contribution in [1.82, 2.24) is 20.2 Å². The van der Waals surface area contributed by atoms with Crippen LogP contribution in [0.1, 0.15) is 5.56 Å². The van der Waals surface area contributed by atoms with E-state index in [0.717, 1.165) is 11.3 Å². The van der Waals surface area contributed by atoms with E-state index in [1.807, 2.05) is 47.0 Å². The number of methoxy groups -OCH3 is 1. The number of hydrogen-bond acceptors (Lipinski definition) is 7. The van der Waals surface area contributed by atoms with E-state index >= 15 is 0 Å². The molecule has 0 saturated carbocycles. The molecule has 0 aliphatic heterocycles. The summed E-state index contributed by atoms with van der Waals surface area (Å²) in [6, 6.07) is 21.8. The van der Waals surface area contributed by atoms with E-state index in [9.17, 15) is 9.90 Å². The molecule has 4 aromatic rings. The van der Waals surface area contributed by atoms with Crippen LogP contribution in [0.2, 0.25) is 5.02 Å². The molecule has 1 heterocycles. The van der Waals surface area contributed by atoms with E-state index < -0.39 is 0 Å². The number of carbonyl (C=O) groups is 1. The highest BCUT2D eigenvalue weighted by Gasteiger charge is 2.17. The summed E-state index contributed by atoms with van der Waals surface area (Å²) < 4.78 is 6.96. The minimum Gasteiger partial charge on any atom is -0.504 e. The Bertz CT molecular complexity index is 1310. The van der Waals surface area contributed by atoms with Crippen LogP contribution in [0.5, 0.6) is 11.5 Å². The molecule has 34 heavy (non-hydrogen) atoms. The van der Waals surface area contributed by atoms with Gasteiger partial charge in [0, 0.05) is 16.3 Å². The number of aromatic nitrogens is 3. The second kappa shape index (κ2) is 10.9. The maximum atomic E-state index is 12.4. The highest BCUT2D eigenvalue weighted by atomic mass is 35.5. The number of hydrogen-bond donors (Lipinski definition) is 2. The summed E-state index contributed by atoms with van der Waals surface area (Å²) in [4.78, 5) is 12.4. The molecule has 0 fully saturated rings. The summed E-state index contributed by atoms with van der Waals surface area (Å²) in [5.41, 5.74) is 4.88. The molecule has 1 amide bonds. The highest BCUT2D eigenvalue weighted by molar-refractivity contribution is 7.99. The Morgan fingerprint density at radius 2 is 1.91 bits per heavy atom. The van der Waals surface area contributed by atoms with Gasteiger partial charge in [0.1, 0.15) is 0 Å². The van der Waals surface area contributed by atoms with Crippen LogP contribution in [0, 0.1) is 0 Å². The van der Waals surface area contributed by atoms with Crippen LogP contribution in [0.4, 0.5) is 0 Å². The molecule has 0 aliphatic carbocycles. The summed E-state index contributed by atoms with van der Waals surface area (Å²) >= 11 is 7.28. The number of amides is 1. The summed E-state index contributed by atoms with van der Waals surface area (Å²) in [6.45, 7) is 0. The molecule has 10 heteroatoms. The normalized spacial score (nSPS) is 11.0. The van der Waals surface area contributed by atoms with Crippen LogP contribution in [-0.2, 0) is 4.79 Å². The molecule has 0 aliphatic rings. The summed E-state index contributed by atoms with van der Waals surface area (Å²) in [5.74, 6) is 0.776. The van der Waals surface area contributed by atoms with Gasteiger partial charge in [0.15, 0.2) is 22.5 Å². The van der Waals surface area contributed by atoms with Gasteiger partial charge in [-0.2, -0.15) is 5.10 Å². The lowest BCUT2D eigenvalue weighted by atomic mass is 10.2. The second-order valence-electron chi connectivity index (χ2n) is 7.00. The van der Waals surface area contributed by atoms with Gasteiger partial charge in [-0.15, -0.1) is 10.2 Å². The van der Waals surface area contributed by atoms with Crippen molar-refractivity contribution in [1.29, 1.82) is 0 Å². The third-order valence-corrected chi connectivity index (χ3v) is 5.87. The van der Waals surface area contributed by atoms with Crippen molar-refractivity contribution >= 4 is 35.5 Å². The van der Waals surface area contributed by atoms with Gasteiger partial charge < -0.3 is 9.84 Å². The summed E-state index contributed by atoms with van der Waals surface area (Å²) in [7, 11) is 1.46. The van der Waals surface area contributed by atoms with Gasteiger partial charge in [-0.3, -0.25) is 9.36 Å². The molecule has 4 rings (SSSR count). The van der Waals surface area contributed by atoms with E-state index in [-0.39, 0.29) is 17.4 Å². The van der Waals surface area contributed by atoms with Crippen molar-refractivity contribution in [3.05, 3.63) is 83.4 Å². The molecule has 0 radical (unpaired) electrons. The first-order valence-electron chi connectivity index (χ1n) is 10.1. The van der Waals surface area contributed by atoms with Crippen molar-refractivity contribution in [3.63, 3.8) is 0 Å². The molecule has 8 nitrogen and oxygen atoms in total. The Balaban J connectivity index is 1.47. The molecular formula is C24H20ClN5O3S. The number of thioether (sulfide) groups is 1. The average Bonchev–Trinajstić information content (AvgIpc) is 3.28. The molecule has 2 N–H and O–H groups in total. The lowest BCUT2D eigenvalue weighted by Gasteiger charge is -2.10. The van der Waals surface area contributed by atoms with E-state index in [4.69, 9.17) is 16.3 Å². The SMILES string of the molecule is COc1cc(/C=N\NC(=O)CSc2nnc(-c3ccc(Cl)cc3)n2-c2ccccc2)ccc1O. The smallest absolute Gasteiger partial charge is 0.250 e. The number of hydrazone groups is 1. The number of para-hydroxylation sites is 1. The van der Waals surface area contributed by atoms with Gasteiger partial charge in [-0.25, -0.2) is 5.43 Å². The first-order valence-corrected chi connectivity index (χ1v) is 11.5. The van der Waals surface area contributed by atoms with E-state index in [2.05, 4.69) is 20.7 Å². The van der Waals surface area contributed by atoms with Gasteiger partial charge in [-0.05, 0) is 60.2 Å². The zero-order chi connectivity index (χ0) is 23.9. The van der Waals surface area contributed by atoms with Crippen LogP contribution in [0.25, 0.3) is 17.1 Å². The number of benzene rings is 3. The van der Waals surface area contributed by atoms with E-state index in [1.54, 1.807) is 24.3 Å². The Kier molecular flexibility index (Phi) is 7.46. The van der Waals surface area contributed by atoms with Crippen molar-refractivity contribution in [2.45, 2.75) is 5.16 Å². The fourth-order valence-electron chi connectivity index (χ4n) is 3.07. The minimum atomic E-state index is -0.303. The molecule has 0 bridgehead atoms. The minimum absolute atomic E-state index is 0.0283. The van der Waals surface area contributed by atoms with Gasteiger partial charge >= 0.3 is 0 Å². The molecule has 172 valence electrons. The van der Waals surface area contributed by atoms with Crippen molar-refractivity contribution in [2.24, 2.45) is 5.10 Å². The number of halogens is 1. The molecular weight excluding hydrogens is 474 g/mol. The number of phenolic OH excluding ortho intramolecular Hbond substituents is 1. The highest BCUT2D eigenvalue weighted by Crippen LogP contribution is 2.29. The average molecular weight is 494 g/mol. The number of rotatable bonds is 8. The van der Waals surface area contributed by atoms with E-state index in [0.29, 0.717) is 27.3 Å². The maximum Gasteiger partial charge on any atom is 0.250 e. The number of ether oxygens (including phenoxy) is 1. The molecule has 0 atom stereocenters. The quantitative estimate of drug-likeness (QED) is 0.212. The molecule has 3 aromatic carbocycles. The molecule has 0 unspecified atom stereocenters. The third kappa shape index (κ3) is 5.56. The Morgan fingerprint density at radius 1 is 1.15 bits per heavy atom. The monoisotopic (exact) mass is 493 g/mol. The van der Waals surface area contributed by atoms with Gasteiger partial charge in [0.05, 0.1) is 19.1 Å². The number of carbonyl (C=O) groups excluding carboxylic acids is 1. The van der Waals surface area contributed by atoms with E-state index in [1.165, 1.54) is 31.2 Å².